The van der Waals surface area contributed by atoms with Crippen molar-refractivity contribution >= 4 is 28.5 Å². The zero-order valence-corrected chi connectivity index (χ0v) is 18.0. The van der Waals surface area contributed by atoms with Gasteiger partial charge >= 0.3 is 0 Å². The molecular formula is C25H21FN2O5. The van der Waals surface area contributed by atoms with Crippen molar-refractivity contribution in [1.29, 1.82) is 0 Å². The van der Waals surface area contributed by atoms with Crippen molar-refractivity contribution in [2.45, 2.75) is 12.0 Å². The van der Waals surface area contributed by atoms with Crippen molar-refractivity contribution in [2.75, 3.05) is 31.7 Å². The van der Waals surface area contributed by atoms with E-state index in [0.717, 1.165) is 12.1 Å². The molecule has 0 aliphatic carbocycles. The lowest BCUT2D eigenvalue weighted by molar-refractivity contribution is -0.126. The number of methoxy groups -OCH3 is 1. The molecule has 0 saturated heterocycles. The summed E-state index contributed by atoms with van der Waals surface area (Å²) in [7, 11) is 1.55. The highest BCUT2D eigenvalue weighted by molar-refractivity contribution is 6.17. The lowest BCUT2D eigenvalue weighted by Crippen LogP contribution is -2.53. The van der Waals surface area contributed by atoms with E-state index < -0.39 is 28.6 Å². The SMILES string of the molecule is C=CCN1C(=O)C2(c3ccccc31)c1c(oc3ccc(F)cc3c1=O)C(=O)N2CCCOC. The van der Waals surface area contributed by atoms with Gasteiger partial charge in [0.2, 0.25) is 5.76 Å². The van der Waals surface area contributed by atoms with Gasteiger partial charge in [0.1, 0.15) is 11.4 Å². The van der Waals surface area contributed by atoms with Gasteiger partial charge in [-0.25, -0.2) is 4.39 Å². The average Bonchev–Trinajstić information content (AvgIpc) is 3.20. The fourth-order valence-electron chi connectivity index (χ4n) is 4.94. The first-order valence-electron chi connectivity index (χ1n) is 10.6. The first-order valence-corrected chi connectivity index (χ1v) is 10.6. The van der Waals surface area contributed by atoms with Crippen LogP contribution in [0.3, 0.4) is 0 Å². The van der Waals surface area contributed by atoms with E-state index in [1.54, 1.807) is 37.5 Å². The minimum absolute atomic E-state index is 0.0212. The van der Waals surface area contributed by atoms with E-state index in [1.165, 1.54) is 15.9 Å². The second-order valence-corrected chi connectivity index (χ2v) is 8.01. The molecule has 0 bridgehead atoms. The number of fused-ring (bicyclic) bond motifs is 5. The third-order valence-electron chi connectivity index (χ3n) is 6.24. The Bertz CT molecular complexity index is 1380. The number of halogens is 1. The summed E-state index contributed by atoms with van der Waals surface area (Å²) in [5, 5.41) is -0.0212. The molecule has 2 aliphatic rings. The van der Waals surface area contributed by atoms with Crippen molar-refractivity contribution in [3.05, 3.63) is 88.0 Å². The van der Waals surface area contributed by atoms with E-state index in [2.05, 4.69) is 6.58 Å². The highest BCUT2D eigenvalue weighted by Crippen LogP contribution is 2.52. The van der Waals surface area contributed by atoms with Crippen LogP contribution in [0.25, 0.3) is 11.0 Å². The van der Waals surface area contributed by atoms with Gasteiger partial charge in [-0.1, -0.05) is 24.3 Å². The maximum Gasteiger partial charge on any atom is 0.291 e. The topological polar surface area (TPSA) is 80.1 Å². The van der Waals surface area contributed by atoms with Gasteiger partial charge in [0.15, 0.2) is 11.0 Å². The van der Waals surface area contributed by atoms with E-state index >= 15 is 0 Å². The molecule has 8 heteroatoms. The molecule has 0 fully saturated rings. The van der Waals surface area contributed by atoms with E-state index in [-0.39, 0.29) is 35.4 Å². The Morgan fingerprint density at radius 2 is 1.97 bits per heavy atom. The average molecular weight is 448 g/mol. The predicted molar refractivity (Wildman–Crippen MR) is 120 cm³/mol. The van der Waals surface area contributed by atoms with Crippen LogP contribution in [-0.4, -0.2) is 43.5 Å². The Morgan fingerprint density at radius 3 is 2.73 bits per heavy atom. The Labute approximate surface area is 188 Å². The molecule has 5 rings (SSSR count). The summed E-state index contributed by atoms with van der Waals surface area (Å²) in [5.41, 5.74) is -1.21. The molecule has 3 heterocycles. The number of rotatable bonds is 6. The fraction of sp³-hybridized carbons (Fsp3) is 0.240. The molecule has 3 aromatic rings. The summed E-state index contributed by atoms with van der Waals surface area (Å²) >= 11 is 0. The first-order chi connectivity index (χ1) is 16.0. The maximum absolute atomic E-state index is 14.1. The number of amides is 2. The van der Waals surface area contributed by atoms with Gasteiger partial charge in [0.25, 0.3) is 11.8 Å². The Balaban J connectivity index is 1.87. The van der Waals surface area contributed by atoms with Gasteiger partial charge in [0, 0.05) is 32.4 Å². The zero-order valence-electron chi connectivity index (χ0n) is 18.0. The highest BCUT2D eigenvalue weighted by atomic mass is 19.1. The summed E-state index contributed by atoms with van der Waals surface area (Å²) in [6.45, 7) is 4.45. The zero-order chi connectivity index (χ0) is 23.3. The van der Waals surface area contributed by atoms with Gasteiger partial charge in [-0.05, 0) is 30.7 Å². The number of para-hydroxylation sites is 1. The van der Waals surface area contributed by atoms with Gasteiger partial charge in [-0.3, -0.25) is 14.4 Å². The number of carbonyl (C=O) groups is 2. The van der Waals surface area contributed by atoms with Crippen LogP contribution in [0.5, 0.6) is 0 Å². The Hall–Kier alpha value is -3.78. The lowest BCUT2D eigenvalue weighted by atomic mass is 9.84. The number of hydrogen-bond acceptors (Lipinski definition) is 5. The third kappa shape index (κ3) is 2.74. The standard InChI is InChI=1S/C25H21FN2O5/c1-3-11-27-18-8-5-4-7-17(18)25(24(27)31)20-21(29)16-14-15(26)9-10-19(16)33-22(20)23(30)28(25)12-6-13-32-2/h3-5,7-10,14H,1,6,11-13H2,2H3. The van der Waals surface area contributed by atoms with E-state index in [0.29, 0.717) is 24.3 Å². The first kappa shape index (κ1) is 21.1. The van der Waals surface area contributed by atoms with Crippen LogP contribution >= 0.6 is 0 Å². The molecule has 0 saturated carbocycles. The molecule has 1 aromatic heterocycles. The molecule has 7 nitrogen and oxygen atoms in total. The quantitative estimate of drug-likeness (QED) is 0.427. The highest BCUT2D eigenvalue weighted by Gasteiger charge is 2.64. The molecule has 1 spiro atoms. The largest absolute Gasteiger partial charge is 0.450 e. The lowest BCUT2D eigenvalue weighted by Gasteiger charge is -2.34. The van der Waals surface area contributed by atoms with Crippen molar-refractivity contribution in [3.8, 4) is 0 Å². The van der Waals surface area contributed by atoms with Gasteiger partial charge in [0.05, 0.1) is 16.6 Å². The Morgan fingerprint density at radius 1 is 1.18 bits per heavy atom. The van der Waals surface area contributed by atoms with Gasteiger partial charge < -0.3 is 19.0 Å². The van der Waals surface area contributed by atoms with Crippen molar-refractivity contribution in [1.82, 2.24) is 4.90 Å². The van der Waals surface area contributed by atoms with Crippen LogP contribution in [-0.2, 0) is 15.1 Å². The Kier molecular flexibility index (Phi) is 4.90. The minimum Gasteiger partial charge on any atom is -0.450 e. The molecule has 33 heavy (non-hydrogen) atoms. The fourth-order valence-corrected chi connectivity index (χ4v) is 4.94. The van der Waals surface area contributed by atoms with Crippen molar-refractivity contribution in [3.63, 3.8) is 0 Å². The number of hydrogen-bond donors (Lipinski definition) is 0. The van der Waals surface area contributed by atoms with Gasteiger partial charge in [-0.15, -0.1) is 6.58 Å². The number of carbonyl (C=O) groups excluding carboxylic acids is 2. The number of anilines is 1. The number of nitrogens with zero attached hydrogens (tertiary/aromatic N) is 2. The van der Waals surface area contributed by atoms with Crippen LogP contribution in [0.15, 0.2) is 64.3 Å². The van der Waals surface area contributed by atoms with Crippen LogP contribution in [0.1, 0.15) is 28.1 Å². The van der Waals surface area contributed by atoms with E-state index in [9.17, 15) is 18.8 Å². The molecule has 0 radical (unpaired) electrons. The smallest absolute Gasteiger partial charge is 0.291 e. The minimum atomic E-state index is -1.71. The monoisotopic (exact) mass is 448 g/mol. The van der Waals surface area contributed by atoms with Crippen molar-refractivity contribution in [2.24, 2.45) is 0 Å². The molecular weight excluding hydrogens is 427 g/mol. The summed E-state index contributed by atoms with van der Waals surface area (Å²) in [6.07, 6.45) is 2.02. The third-order valence-corrected chi connectivity index (χ3v) is 6.24. The summed E-state index contributed by atoms with van der Waals surface area (Å²) in [5.74, 6) is -1.82. The number of ether oxygens (including phenoxy) is 1. The number of benzene rings is 2. The second kappa shape index (κ2) is 7.67. The maximum atomic E-state index is 14.1. The normalized spacial score (nSPS) is 19.0. The van der Waals surface area contributed by atoms with Crippen LogP contribution in [0, 0.1) is 5.82 Å². The molecule has 0 N–H and O–H groups in total. The molecule has 168 valence electrons. The second-order valence-electron chi connectivity index (χ2n) is 8.01. The van der Waals surface area contributed by atoms with E-state index in [4.69, 9.17) is 9.15 Å². The molecule has 2 aromatic carbocycles. The summed E-state index contributed by atoms with van der Waals surface area (Å²) < 4.78 is 25.0. The van der Waals surface area contributed by atoms with Crippen LogP contribution in [0.2, 0.25) is 0 Å². The molecule has 2 aliphatic heterocycles. The van der Waals surface area contributed by atoms with Gasteiger partial charge in [-0.2, -0.15) is 0 Å². The van der Waals surface area contributed by atoms with Crippen LogP contribution in [0.4, 0.5) is 10.1 Å². The van der Waals surface area contributed by atoms with Crippen molar-refractivity contribution < 1.29 is 23.1 Å². The predicted octanol–water partition coefficient (Wildman–Crippen LogP) is 3.20. The molecule has 2 amide bonds. The summed E-state index contributed by atoms with van der Waals surface area (Å²) in [6, 6.07) is 10.6. The van der Waals surface area contributed by atoms with E-state index in [1.807, 2.05) is 0 Å². The summed E-state index contributed by atoms with van der Waals surface area (Å²) in [4.78, 5) is 44.4. The van der Waals surface area contributed by atoms with Crippen LogP contribution < -0.4 is 10.3 Å². The molecule has 1 unspecified atom stereocenters. The molecule has 1 atom stereocenters.